The molecule has 5 rings (SSSR count). The molecule has 0 aliphatic carbocycles. The fraction of sp³-hybridized carbons (Fsp3) is 1.00. The number of aliphatic hydroxyl groups is 1. The Morgan fingerprint density at radius 3 is 1.10 bits per heavy atom. The van der Waals surface area contributed by atoms with E-state index in [0.29, 0.717) is 0 Å². The summed E-state index contributed by atoms with van der Waals surface area (Å²) in [6.45, 7) is 3.94. The smallest absolute Gasteiger partial charge is 0.187 e. The molecule has 21 nitrogen and oxygen atoms in total. The molecule has 21 heteroatoms. The zero-order valence-corrected chi connectivity index (χ0v) is 36.4. The van der Waals surface area contributed by atoms with E-state index in [0.717, 1.165) is 0 Å². The molecule has 0 unspecified atom stereocenters. The lowest BCUT2D eigenvalue weighted by Crippen LogP contribution is -2.66. The van der Waals surface area contributed by atoms with E-state index in [4.69, 9.17) is 94.7 Å². The summed E-state index contributed by atoms with van der Waals surface area (Å²) in [5, 5.41) is 11.3. The third kappa shape index (κ3) is 10.6. The van der Waals surface area contributed by atoms with Crippen molar-refractivity contribution in [2.75, 3.05) is 98.0 Å². The van der Waals surface area contributed by atoms with Crippen LogP contribution in [-0.4, -0.2) is 238 Å². The van der Waals surface area contributed by atoms with Gasteiger partial charge in [0.25, 0.3) is 0 Å². The molecule has 22 atom stereocenters. The molecule has 0 radical (unpaired) electrons. The van der Waals surface area contributed by atoms with E-state index >= 15 is 0 Å². The predicted molar refractivity (Wildman–Crippen MR) is 198 cm³/mol. The number of aliphatic hydroxyl groups excluding tert-OH is 1. The molecule has 0 aromatic carbocycles. The Bertz CT molecular complexity index is 1210. The average molecular weight is 861 g/mol. The minimum atomic E-state index is -1.46. The number of hydrogen-bond acceptors (Lipinski definition) is 21. The van der Waals surface area contributed by atoms with Crippen molar-refractivity contribution in [2.45, 2.75) is 149 Å². The maximum atomic E-state index is 11.3. The summed E-state index contributed by atoms with van der Waals surface area (Å²) in [4.78, 5) is 0. The first-order valence-electron chi connectivity index (χ1n) is 19.8. The topological polar surface area (TPSA) is 205 Å². The van der Waals surface area contributed by atoms with Crippen LogP contribution in [0.15, 0.2) is 0 Å². The van der Waals surface area contributed by atoms with Crippen LogP contribution in [0.4, 0.5) is 0 Å². The zero-order chi connectivity index (χ0) is 43.0. The van der Waals surface area contributed by atoms with Gasteiger partial charge in [-0.05, 0) is 13.8 Å². The summed E-state index contributed by atoms with van der Waals surface area (Å²) in [6, 6.07) is 0. The number of methoxy groups -OCH3 is 11. The highest BCUT2D eigenvalue weighted by Crippen LogP contribution is 2.37. The molecular formula is C38H68O21. The second-order valence-corrected chi connectivity index (χ2v) is 14.9. The van der Waals surface area contributed by atoms with Crippen molar-refractivity contribution in [3.63, 3.8) is 0 Å². The molecular weight excluding hydrogens is 792 g/mol. The van der Waals surface area contributed by atoms with Crippen LogP contribution >= 0.6 is 0 Å². The fourth-order valence-electron chi connectivity index (χ4n) is 8.67. The lowest BCUT2D eigenvalue weighted by atomic mass is 9.97. The maximum Gasteiger partial charge on any atom is 0.187 e. The number of rotatable bonds is 19. The van der Waals surface area contributed by atoms with Gasteiger partial charge in [-0.15, -0.1) is 0 Å². The van der Waals surface area contributed by atoms with Crippen molar-refractivity contribution < 1.29 is 99.8 Å². The molecule has 59 heavy (non-hydrogen) atoms. The lowest BCUT2D eigenvalue weighted by molar-refractivity contribution is -0.391. The summed E-state index contributed by atoms with van der Waals surface area (Å²) in [5.41, 5.74) is 0. The number of ether oxygens (including phenoxy) is 20. The Labute approximate surface area is 346 Å². The Balaban J connectivity index is 1.33. The zero-order valence-electron chi connectivity index (χ0n) is 36.4. The van der Waals surface area contributed by atoms with Gasteiger partial charge in [0.05, 0.1) is 32.0 Å². The molecule has 0 saturated carbocycles. The lowest BCUT2D eigenvalue weighted by Gasteiger charge is -2.50. The summed E-state index contributed by atoms with van der Waals surface area (Å²) >= 11 is 0. The molecule has 5 heterocycles. The Hall–Kier alpha value is -0.840. The van der Waals surface area contributed by atoms with Crippen molar-refractivity contribution in [1.82, 2.24) is 0 Å². The summed E-state index contributed by atoms with van der Waals surface area (Å²) in [5.74, 6) is 0. The maximum absolute atomic E-state index is 11.3. The van der Waals surface area contributed by atoms with Gasteiger partial charge in [-0.1, -0.05) is 0 Å². The third-order valence-electron chi connectivity index (χ3n) is 11.9. The first-order valence-corrected chi connectivity index (χ1v) is 19.8. The molecule has 346 valence electrons. The molecule has 1 N–H and O–H groups in total. The van der Waals surface area contributed by atoms with E-state index in [2.05, 4.69) is 0 Å². The highest BCUT2D eigenvalue weighted by molar-refractivity contribution is 4.97. The van der Waals surface area contributed by atoms with Gasteiger partial charge >= 0.3 is 0 Å². The van der Waals surface area contributed by atoms with Crippen molar-refractivity contribution in [3.05, 3.63) is 0 Å². The van der Waals surface area contributed by atoms with Crippen LogP contribution in [0.1, 0.15) is 13.8 Å². The Morgan fingerprint density at radius 1 is 0.322 bits per heavy atom. The molecule has 5 aliphatic rings. The van der Waals surface area contributed by atoms with Gasteiger partial charge in [0.15, 0.2) is 31.5 Å². The van der Waals surface area contributed by atoms with Crippen molar-refractivity contribution in [2.24, 2.45) is 0 Å². The van der Waals surface area contributed by atoms with Gasteiger partial charge in [0.2, 0.25) is 0 Å². The van der Waals surface area contributed by atoms with Crippen LogP contribution < -0.4 is 0 Å². The highest BCUT2D eigenvalue weighted by atomic mass is 16.8. The van der Waals surface area contributed by atoms with Gasteiger partial charge in [0.1, 0.15) is 91.6 Å². The normalized spacial score (nSPS) is 47.3. The first kappa shape index (κ1) is 49.2. The molecule has 0 aromatic rings. The quantitative estimate of drug-likeness (QED) is 0.170. The second-order valence-electron chi connectivity index (χ2n) is 14.9. The van der Waals surface area contributed by atoms with E-state index in [1.165, 1.54) is 35.5 Å². The van der Waals surface area contributed by atoms with Crippen molar-refractivity contribution in [3.8, 4) is 0 Å². The Kier molecular flexibility index (Phi) is 19.3. The Morgan fingerprint density at radius 2 is 0.644 bits per heavy atom. The summed E-state index contributed by atoms with van der Waals surface area (Å²) < 4.78 is 121. The molecule has 5 saturated heterocycles. The van der Waals surface area contributed by atoms with Crippen molar-refractivity contribution in [1.29, 1.82) is 0 Å². The van der Waals surface area contributed by atoms with E-state index < -0.39 is 129 Å². The molecule has 0 amide bonds. The van der Waals surface area contributed by atoms with Gasteiger partial charge in [0, 0.05) is 78.2 Å². The van der Waals surface area contributed by atoms with Gasteiger partial charge < -0.3 is 99.8 Å². The number of hydrogen-bond donors (Lipinski definition) is 1. The van der Waals surface area contributed by atoms with Crippen molar-refractivity contribution >= 4 is 0 Å². The van der Waals surface area contributed by atoms with E-state index in [-0.39, 0.29) is 25.9 Å². The van der Waals surface area contributed by atoms with E-state index in [1.54, 1.807) is 49.6 Å². The van der Waals surface area contributed by atoms with Crippen LogP contribution in [0.5, 0.6) is 0 Å². The van der Waals surface area contributed by atoms with Crippen LogP contribution in [0.3, 0.4) is 0 Å². The van der Waals surface area contributed by atoms with Gasteiger partial charge in [-0.2, -0.15) is 0 Å². The standard InChI is InChI=1S/C38H68O21/c1-17-22(43-6)27(45-8)32(49-12)37(54-17)58-25-20(41-4)14-51-34(39)29(25)59-38-33(50-13)28(46-9)23(18(2)55-38)56-36-31(48-11)26(21(42-5)16-53-36)57-35-30(47-10)24(44-7)19(40-3)15-52-35/h17-39H,14-16H2,1-13H3/t17-,18-,19+,20+,21+,22-,23-,24-,25-,26-,27+,28+,29+,30+,31+,32+,33+,34+,35-,36-,37-,38-/m0/s1. The second kappa shape index (κ2) is 23.2. The monoisotopic (exact) mass is 860 g/mol. The average Bonchev–Trinajstić information content (AvgIpc) is 3.24. The van der Waals surface area contributed by atoms with E-state index in [9.17, 15) is 5.11 Å². The summed E-state index contributed by atoms with van der Waals surface area (Å²) in [6.07, 6.45) is -17.2. The molecule has 0 spiro atoms. The minimum absolute atomic E-state index is 0.000906. The SMILES string of the molecule is CO[C@@H]1[C@@H](OC)[C@H](C)O[C@@H](O[C@@H]2[C@@H](O[C@@H]3O[C@@H](C)[C@H](O[C@@H]4OC[C@@H](OC)[C@H](O[C@@H]5OC[C@@H](OC)[C@H](OC)[C@H]5OC)[C@H]4OC)[C@@H](OC)[C@H]3OC)[C@H](O)OC[C@H]2OC)[C@@H]1OC. The van der Waals surface area contributed by atoms with Crippen LogP contribution in [0, 0.1) is 0 Å². The molecule has 5 fully saturated rings. The molecule has 0 aromatic heterocycles. The first-order chi connectivity index (χ1) is 28.5. The van der Waals surface area contributed by atoms with E-state index in [1.807, 2.05) is 6.92 Å². The largest absolute Gasteiger partial charge is 0.376 e. The minimum Gasteiger partial charge on any atom is -0.376 e. The third-order valence-corrected chi connectivity index (χ3v) is 11.9. The van der Waals surface area contributed by atoms with Crippen LogP contribution in [-0.2, 0) is 94.7 Å². The molecule has 5 aliphatic heterocycles. The van der Waals surface area contributed by atoms with Crippen LogP contribution in [0.25, 0.3) is 0 Å². The van der Waals surface area contributed by atoms with Gasteiger partial charge in [-0.3, -0.25) is 0 Å². The highest BCUT2D eigenvalue weighted by Gasteiger charge is 2.56. The fourth-order valence-corrected chi connectivity index (χ4v) is 8.67. The van der Waals surface area contributed by atoms with Crippen LogP contribution in [0.2, 0.25) is 0 Å². The predicted octanol–water partition coefficient (Wildman–Crippen LogP) is -0.757. The van der Waals surface area contributed by atoms with Gasteiger partial charge in [-0.25, -0.2) is 0 Å². The molecule has 0 bridgehead atoms. The summed E-state index contributed by atoms with van der Waals surface area (Å²) in [7, 11) is 17.0.